The van der Waals surface area contributed by atoms with Gasteiger partial charge in [-0.05, 0) is 41.3 Å². The fourth-order valence-corrected chi connectivity index (χ4v) is 3.30. The van der Waals surface area contributed by atoms with E-state index in [1.807, 2.05) is 22.9 Å². The van der Waals surface area contributed by atoms with Crippen molar-refractivity contribution in [2.75, 3.05) is 19.5 Å². The molecule has 0 saturated carbocycles. The number of nitrogens with one attached hydrogen (secondary N) is 1. The molecule has 1 aliphatic rings. The number of aromatic nitrogens is 3. The number of benzene rings is 2. The molecule has 2 heterocycles. The molecule has 0 amide bonds. The predicted molar refractivity (Wildman–Crippen MR) is 105 cm³/mol. The van der Waals surface area contributed by atoms with Crippen molar-refractivity contribution in [2.24, 2.45) is 0 Å². The van der Waals surface area contributed by atoms with Crippen LogP contribution in [0.25, 0.3) is 5.70 Å². The molecule has 0 fully saturated rings. The third-order valence-electron chi connectivity index (χ3n) is 4.83. The summed E-state index contributed by atoms with van der Waals surface area (Å²) in [5.74, 6) is 2.11. The van der Waals surface area contributed by atoms with Gasteiger partial charge in [-0.2, -0.15) is 10.1 Å². The minimum atomic E-state index is -0.0931. The molecule has 138 valence electrons. The van der Waals surface area contributed by atoms with Crippen molar-refractivity contribution >= 4 is 11.6 Å². The van der Waals surface area contributed by atoms with Crippen molar-refractivity contribution in [3.63, 3.8) is 0 Å². The van der Waals surface area contributed by atoms with Gasteiger partial charge in [-0.3, -0.25) is 0 Å². The topological polar surface area (TPSA) is 61.2 Å². The average Bonchev–Trinajstić information content (AvgIpc) is 3.21. The first-order chi connectivity index (χ1) is 13.2. The van der Waals surface area contributed by atoms with Crippen molar-refractivity contribution in [3.05, 3.63) is 71.6 Å². The SMILES string of the molecule is CCc1ccc(C2=C[C@H](c3ccc(OC)c(OC)c3)n3ncnc3N2)cc1. The number of hydrogen-bond donors (Lipinski definition) is 1. The molecule has 1 N–H and O–H groups in total. The van der Waals surface area contributed by atoms with E-state index in [0.29, 0.717) is 17.4 Å². The van der Waals surface area contributed by atoms with Crippen LogP contribution in [0.5, 0.6) is 11.5 Å². The number of anilines is 1. The molecule has 1 aliphatic heterocycles. The Balaban J connectivity index is 1.77. The van der Waals surface area contributed by atoms with E-state index in [0.717, 1.165) is 23.2 Å². The highest BCUT2D eigenvalue weighted by Crippen LogP contribution is 2.36. The molecule has 0 aliphatic carbocycles. The fourth-order valence-electron chi connectivity index (χ4n) is 3.30. The zero-order valence-corrected chi connectivity index (χ0v) is 15.6. The van der Waals surface area contributed by atoms with Crippen LogP contribution in [0.3, 0.4) is 0 Å². The molecule has 6 nitrogen and oxygen atoms in total. The highest BCUT2D eigenvalue weighted by molar-refractivity contribution is 5.77. The van der Waals surface area contributed by atoms with Gasteiger partial charge in [0.05, 0.1) is 14.2 Å². The van der Waals surface area contributed by atoms with E-state index in [1.165, 1.54) is 5.56 Å². The summed E-state index contributed by atoms with van der Waals surface area (Å²) < 4.78 is 12.7. The second kappa shape index (κ2) is 7.15. The van der Waals surface area contributed by atoms with E-state index < -0.39 is 0 Å². The van der Waals surface area contributed by atoms with E-state index in [1.54, 1.807) is 20.5 Å². The van der Waals surface area contributed by atoms with Crippen molar-refractivity contribution in [1.29, 1.82) is 0 Å². The van der Waals surface area contributed by atoms with Crippen molar-refractivity contribution in [3.8, 4) is 11.5 Å². The highest BCUT2D eigenvalue weighted by atomic mass is 16.5. The first-order valence-electron chi connectivity index (χ1n) is 8.93. The number of ether oxygens (including phenoxy) is 2. The molecule has 1 atom stereocenters. The Hall–Kier alpha value is -3.28. The first-order valence-corrected chi connectivity index (χ1v) is 8.93. The number of allylic oxidation sites excluding steroid dienone is 1. The second-order valence-electron chi connectivity index (χ2n) is 6.34. The molecule has 0 saturated heterocycles. The van der Waals surface area contributed by atoms with E-state index >= 15 is 0 Å². The van der Waals surface area contributed by atoms with E-state index in [-0.39, 0.29) is 6.04 Å². The molecule has 6 heteroatoms. The molecule has 27 heavy (non-hydrogen) atoms. The van der Waals surface area contributed by atoms with E-state index in [2.05, 4.69) is 52.7 Å². The van der Waals surface area contributed by atoms with Gasteiger partial charge in [0.1, 0.15) is 12.4 Å². The van der Waals surface area contributed by atoms with Gasteiger partial charge in [0.15, 0.2) is 11.5 Å². The van der Waals surface area contributed by atoms with Gasteiger partial charge in [-0.15, -0.1) is 0 Å². The summed E-state index contributed by atoms with van der Waals surface area (Å²) in [7, 11) is 3.27. The standard InChI is InChI=1S/C21H22N4O2/c1-4-14-5-7-15(8-6-14)17-12-18(25-21(24-17)22-13-23-25)16-9-10-19(26-2)20(11-16)27-3/h5-13,18H,4H2,1-3H3,(H,22,23,24)/t18-/m1/s1. The maximum absolute atomic E-state index is 5.47. The summed E-state index contributed by atoms with van der Waals surface area (Å²) in [6.07, 6.45) is 4.74. The Morgan fingerprint density at radius 2 is 1.81 bits per heavy atom. The Bertz CT molecular complexity index is 976. The maximum Gasteiger partial charge on any atom is 0.226 e. The lowest BCUT2D eigenvalue weighted by Gasteiger charge is -2.25. The minimum absolute atomic E-state index is 0.0931. The van der Waals surface area contributed by atoms with Gasteiger partial charge in [-0.25, -0.2) is 4.68 Å². The quantitative estimate of drug-likeness (QED) is 0.745. The Morgan fingerprint density at radius 1 is 1.04 bits per heavy atom. The van der Waals surface area contributed by atoms with Gasteiger partial charge >= 0.3 is 0 Å². The number of methoxy groups -OCH3 is 2. The molecular weight excluding hydrogens is 340 g/mol. The monoisotopic (exact) mass is 362 g/mol. The third-order valence-corrected chi connectivity index (χ3v) is 4.83. The summed E-state index contributed by atoms with van der Waals surface area (Å²) >= 11 is 0. The maximum atomic E-state index is 5.47. The Morgan fingerprint density at radius 3 is 2.52 bits per heavy atom. The summed E-state index contributed by atoms with van der Waals surface area (Å²) in [5.41, 5.74) is 4.49. The molecule has 0 bridgehead atoms. The van der Waals surface area contributed by atoms with Crippen LogP contribution in [0, 0.1) is 0 Å². The fraction of sp³-hybridized carbons (Fsp3) is 0.238. The zero-order valence-electron chi connectivity index (χ0n) is 15.6. The lowest BCUT2D eigenvalue weighted by atomic mass is 10.0. The van der Waals surface area contributed by atoms with Crippen LogP contribution in [0.4, 0.5) is 5.95 Å². The molecule has 1 aromatic heterocycles. The van der Waals surface area contributed by atoms with Gasteiger partial charge < -0.3 is 14.8 Å². The predicted octanol–water partition coefficient (Wildman–Crippen LogP) is 3.91. The van der Waals surface area contributed by atoms with Crippen molar-refractivity contribution in [1.82, 2.24) is 14.8 Å². The van der Waals surface area contributed by atoms with Crippen molar-refractivity contribution < 1.29 is 9.47 Å². The van der Waals surface area contributed by atoms with Crippen molar-refractivity contribution in [2.45, 2.75) is 19.4 Å². The molecule has 3 aromatic rings. The zero-order chi connectivity index (χ0) is 18.8. The summed E-state index contributed by atoms with van der Waals surface area (Å²) in [6, 6.07) is 14.4. The lowest BCUT2D eigenvalue weighted by Crippen LogP contribution is -2.20. The van der Waals surface area contributed by atoms with Crippen LogP contribution in [-0.2, 0) is 6.42 Å². The van der Waals surface area contributed by atoms with Gasteiger partial charge in [0.2, 0.25) is 5.95 Å². The molecule has 0 spiro atoms. The van der Waals surface area contributed by atoms with Crippen LogP contribution in [0.1, 0.15) is 29.7 Å². The average molecular weight is 362 g/mol. The van der Waals surface area contributed by atoms with Crippen LogP contribution in [0.15, 0.2) is 54.9 Å². The van der Waals surface area contributed by atoms with E-state index in [9.17, 15) is 0 Å². The van der Waals surface area contributed by atoms with Gasteiger partial charge in [0, 0.05) is 5.70 Å². The Labute approximate surface area is 158 Å². The number of rotatable bonds is 5. The molecular formula is C21H22N4O2. The molecule has 4 rings (SSSR count). The number of nitrogens with zero attached hydrogens (tertiary/aromatic N) is 3. The molecule has 2 aromatic carbocycles. The summed E-state index contributed by atoms with van der Waals surface area (Å²) in [4.78, 5) is 4.36. The number of fused-ring (bicyclic) bond motifs is 1. The number of aryl methyl sites for hydroxylation is 1. The van der Waals surface area contributed by atoms with Crippen LogP contribution >= 0.6 is 0 Å². The summed E-state index contributed by atoms with van der Waals surface area (Å²) in [5, 5.41) is 7.77. The van der Waals surface area contributed by atoms with Gasteiger partial charge in [-0.1, -0.05) is 37.3 Å². The highest BCUT2D eigenvalue weighted by Gasteiger charge is 2.24. The molecule has 0 radical (unpaired) electrons. The number of hydrogen-bond acceptors (Lipinski definition) is 5. The normalized spacial score (nSPS) is 15.5. The molecule has 0 unspecified atom stereocenters. The van der Waals surface area contributed by atoms with Crippen LogP contribution in [0.2, 0.25) is 0 Å². The Kier molecular flexibility index (Phi) is 4.54. The third kappa shape index (κ3) is 3.14. The van der Waals surface area contributed by atoms with Gasteiger partial charge in [0.25, 0.3) is 0 Å². The second-order valence-corrected chi connectivity index (χ2v) is 6.34. The largest absolute Gasteiger partial charge is 0.493 e. The first kappa shape index (κ1) is 17.1. The summed E-state index contributed by atoms with van der Waals surface area (Å²) in [6.45, 7) is 2.16. The van der Waals surface area contributed by atoms with Crippen LogP contribution in [-0.4, -0.2) is 29.0 Å². The smallest absolute Gasteiger partial charge is 0.226 e. The minimum Gasteiger partial charge on any atom is -0.493 e. The van der Waals surface area contributed by atoms with Crippen LogP contribution < -0.4 is 14.8 Å². The van der Waals surface area contributed by atoms with E-state index in [4.69, 9.17) is 9.47 Å². The lowest BCUT2D eigenvalue weighted by molar-refractivity contribution is 0.354.